The molecule has 0 aromatic carbocycles. The molecule has 15 heavy (non-hydrogen) atoms. The first-order chi connectivity index (χ1) is 6.95. The Hall–Kier alpha value is -0.130. The lowest BCUT2D eigenvalue weighted by Gasteiger charge is -2.11. The number of methoxy groups -OCH3 is 1. The van der Waals surface area contributed by atoms with E-state index < -0.39 is 9.84 Å². The first kappa shape index (κ1) is 14.9. The van der Waals surface area contributed by atoms with Crippen LogP contribution >= 0.6 is 0 Å². The van der Waals surface area contributed by atoms with Crippen molar-refractivity contribution in [3.8, 4) is 0 Å². The summed E-state index contributed by atoms with van der Waals surface area (Å²) >= 11 is 0. The second-order valence-corrected chi connectivity index (χ2v) is 6.33. The van der Waals surface area contributed by atoms with E-state index >= 15 is 0 Å². The molecular weight excluding hydrogens is 214 g/mol. The van der Waals surface area contributed by atoms with Gasteiger partial charge in [0, 0.05) is 25.7 Å². The summed E-state index contributed by atoms with van der Waals surface area (Å²) in [7, 11) is -1.11. The fraction of sp³-hybridized carbons (Fsp3) is 1.00. The average molecular weight is 237 g/mol. The Kier molecular flexibility index (Phi) is 8.00. The highest BCUT2D eigenvalue weighted by Crippen LogP contribution is 2.05. The highest BCUT2D eigenvalue weighted by molar-refractivity contribution is 7.90. The van der Waals surface area contributed by atoms with Crippen LogP contribution in [0.25, 0.3) is 0 Å². The third kappa shape index (κ3) is 11.8. The molecular formula is C10H23NO3S. The Morgan fingerprint density at radius 3 is 2.60 bits per heavy atom. The lowest BCUT2D eigenvalue weighted by atomic mass is 10.1. The molecule has 1 atom stereocenters. The largest absolute Gasteiger partial charge is 0.383 e. The number of nitrogens with one attached hydrogen (secondary N) is 1. The zero-order valence-electron chi connectivity index (χ0n) is 9.95. The predicted molar refractivity (Wildman–Crippen MR) is 62.9 cm³/mol. The van der Waals surface area contributed by atoms with Crippen LogP contribution in [0.2, 0.25) is 0 Å². The fourth-order valence-corrected chi connectivity index (χ4v) is 2.01. The third-order valence-corrected chi connectivity index (χ3v) is 3.22. The van der Waals surface area contributed by atoms with E-state index in [-0.39, 0.29) is 0 Å². The lowest BCUT2D eigenvalue weighted by Crippen LogP contribution is -2.25. The maximum absolute atomic E-state index is 10.9. The molecule has 0 aromatic rings. The topological polar surface area (TPSA) is 55.4 Å². The van der Waals surface area contributed by atoms with Gasteiger partial charge in [-0.1, -0.05) is 6.92 Å². The summed E-state index contributed by atoms with van der Waals surface area (Å²) in [5.41, 5.74) is 0. The van der Waals surface area contributed by atoms with Gasteiger partial charge >= 0.3 is 0 Å². The first-order valence-electron chi connectivity index (χ1n) is 5.33. The Bertz CT molecular complexity index is 239. The van der Waals surface area contributed by atoms with Gasteiger partial charge in [0.15, 0.2) is 0 Å². The van der Waals surface area contributed by atoms with Crippen LogP contribution in [0.4, 0.5) is 0 Å². The van der Waals surface area contributed by atoms with E-state index in [0.29, 0.717) is 11.7 Å². The van der Waals surface area contributed by atoms with Gasteiger partial charge in [-0.05, 0) is 25.3 Å². The molecule has 0 spiro atoms. The van der Waals surface area contributed by atoms with Gasteiger partial charge in [0.2, 0.25) is 0 Å². The van der Waals surface area contributed by atoms with Crippen LogP contribution in [0.3, 0.4) is 0 Å². The average Bonchev–Trinajstić information content (AvgIpc) is 2.10. The van der Waals surface area contributed by atoms with Gasteiger partial charge in [0.25, 0.3) is 0 Å². The molecule has 0 aliphatic rings. The maximum Gasteiger partial charge on any atom is 0.147 e. The zero-order chi connectivity index (χ0) is 11.7. The van der Waals surface area contributed by atoms with Crippen LogP contribution in [0.15, 0.2) is 0 Å². The van der Waals surface area contributed by atoms with E-state index in [1.54, 1.807) is 7.11 Å². The van der Waals surface area contributed by atoms with Crippen molar-refractivity contribution in [2.24, 2.45) is 5.92 Å². The highest BCUT2D eigenvalue weighted by Gasteiger charge is 2.05. The molecule has 92 valence electrons. The number of sulfone groups is 1. The number of hydrogen-bond acceptors (Lipinski definition) is 4. The van der Waals surface area contributed by atoms with E-state index in [2.05, 4.69) is 12.2 Å². The van der Waals surface area contributed by atoms with Gasteiger partial charge in [0.05, 0.1) is 6.61 Å². The van der Waals surface area contributed by atoms with Gasteiger partial charge in [-0.25, -0.2) is 8.42 Å². The van der Waals surface area contributed by atoms with Gasteiger partial charge in [-0.2, -0.15) is 0 Å². The molecule has 0 amide bonds. The molecule has 0 fully saturated rings. The Morgan fingerprint density at radius 1 is 1.40 bits per heavy atom. The van der Waals surface area contributed by atoms with Crippen molar-refractivity contribution in [1.82, 2.24) is 5.32 Å². The predicted octanol–water partition coefficient (Wildman–Crippen LogP) is 0.683. The number of hydrogen-bond donors (Lipinski definition) is 1. The molecule has 0 aliphatic carbocycles. The summed E-state index contributed by atoms with van der Waals surface area (Å²) in [4.78, 5) is 0. The molecule has 1 N–H and O–H groups in total. The molecule has 4 nitrogen and oxygen atoms in total. The Morgan fingerprint density at radius 2 is 2.07 bits per heavy atom. The van der Waals surface area contributed by atoms with E-state index in [0.717, 1.165) is 32.5 Å². The normalized spacial score (nSPS) is 14.1. The molecule has 5 heteroatoms. The molecule has 0 aromatic heterocycles. The number of ether oxygens (including phenoxy) is 1. The van der Waals surface area contributed by atoms with Gasteiger partial charge in [-0.15, -0.1) is 0 Å². The summed E-state index contributed by atoms with van der Waals surface area (Å²) in [5, 5.41) is 3.26. The molecule has 1 unspecified atom stereocenters. The van der Waals surface area contributed by atoms with Crippen molar-refractivity contribution in [2.45, 2.75) is 19.8 Å². The lowest BCUT2D eigenvalue weighted by molar-refractivity contribution is 0.198. The Balaban J connectivity index is 3.37. The summed E-state index contributed by atoms with van der Waals surface area (Å²) in [6.45, 7) is 4.62. The fourth-order valence-electron chi connectivity index (χ4n) is 1.32. The van der Waals surface area contributed by atoms with Crippen LogP contribution < -0.4 is 5.32 Å². The first-order valence-corrected chi connectivity index (χ1v) is 7.39. The maximum atomic E-state index is 10.9. The standard InChI is InChI=1S/C10H23NO3S/c1-10(9-11-6-7-14-2)5-4-8-15(3,12)13/h10-11H,4-9H2,1-3H3. The van der Waals surface area contributed by atoms with Crippen LogP contribution in [-0.2, 0) is 14.6 Å². The van der Waals surface area contributed by atoms with Crippen LogP contribution in [-0.4, -0.2) is 47.2 Å². The highest BCUT2D eigenvalue weighted by atomic mass is 32.2. The van der Waals surface area contributed by atoms with Gasteiger partial charge in [-0.3, -0.25) is 0 Å². The quantitative estimate of drug-likeness (QED) is 0.599. The van der Waals surface area contributed by atoms with Crippen molar-refractivity contribution in [3.05, 3.63) is 0 Å². The summed E-state index contributed by atoms with van der Waals surface area (Å²) < 4.78 is 26.7. The van der Waals surface area contributed by atoms with E-state index in [9.17, 15) is 8.42 Å². The Labute approximate surface area is 93.3 Å². The minimum atomic E-state index is -2.79. The summed E-state index contributed by atoms with van der Waals surface area (Å²) in [5.74, 6) is 0.818. The van der Waals surface area contributed by atoms with E-state index in [1.807, 2.05) is 0 Å². The SMILES string of the molecule is COCCNCC(C)CCCS(C)(=O)=O. The second kappa shape index (κ2) is 8.07. The summed E-state index contributed by atoms with van der Waals surface area (Å²) in [6, 6.07) is 0. The molecule has 0 saturated heterocycles. The molecule has 0 bridgehead atoms. The van der Waals surface area contributed by atoms with Crippen molar-refractivity contribution < 1.29 is 13.2 Å². The summed E-state index contributed by atoms with van der Waals surface area (Å²) in [6.07, 6.45) is 2.99. The zero-order valence-corrected chi connectivity index (χ0v) is 10.8. The van der Waals surface area contributed by atoms with Crippen LogP contribution in [0, 0.1) is 5.92 Å². The van der Waals surface area contributed by atoms with E-state index in [4.69, 9.17) is 4.74 Å². The minimum Gasteiger partial charge on any atom is -0.383 e. The van der Waals surface area contributed by atoms with Gasteiger partial charge in [0.1, 0.15) is 9.84 Å². The van der Waals surface area contributed by atoms with Crippen LogP contribution in [0.1, 0.15) is 19.8 Å². The van der Waals surface area contributed by atoms with Crippen molar-refractivity contribution in [2.75, 3.05) is 38.8 Å². The van der Waals surface area contributed by atoms with Gasteiger partial charge < -0.3 is 10.1 Å². The molecule has 0 saturated carbocycles. The smallest absolute Gasteiger partial charge is 0.147 e. The molecule has 0 heterocycles. The number of rotatable bonds is 9. The van der Waals surface area contributed by atoms with E-state index in [1.165, 1.54) is 6.26 Å². The second-order valence-electron chi connectivity index (χ2n) is 4.07. The third-order valence-electron chi connectivity index (χ3n) is 2.19. The molecule has 0 radical (unpaired) electrons. The molecule has 0 rings (SSSR count). The monoisotopic (exact) mass is 237 g/mol. The van der Waals surface area contributed by atoms with Crippen molar-refractivity contribution in [1.29, 1.82) is 0 Å². The van der Waals surface area contributed by atoms with Crippen molar-refractivity contribution in [3.63, 3.8) is 0 Å². The van der Waals surface area contributed by atoms with Crippen molar-refractivity contribution >= 4 is 9.84 Å². The molecule has 0 aliphatic heterocycles. The van der Waals surface area contributed by atoms with Crippen LogP contribution in [0.5, 0.6) is 0 Å². The minimum absolute atomic E-state index is 0.301.